The number of aliphatic carboxylic acids is 2. The number of nitro benzene ring substituents is 1. The molecule has 0 amide bonds. The number of hydrogen-bond acceptors (Lipinski definition) is 8. The summed E-state index contributed by atoms with van der Waals surface area (Å²) in [6.07, 6.45) is 5.08. The van der Waals surface area contributed by atoms with Gasteiger partial charge in [0, 0.05) is 64.2 Å². The van der Waals surface area contributed by atoms with Crippen molar-refractivity contribution in [3.05, 3.63) is 141 Å². The first kappa shape index (κ1) is 39.0. The Bertz CT molecular complexity index is 1890. The zero-order valence-electron chi connectivity index (χ0n) is 29.6. The summed E-state index contributed by atoms with van der Waals surface area (Å²) in [5, 5.41) is 27.1. The Morgan fingerprint density at radius 1 is 0.808 bits per heavy atom. The van der Waals surface area contributed by atoms with Crippen LogP contribution in [0.1, 0.15) is 82.3 Å². The maximum Gasteiger partial charge on any atom is 0.328 e. The van der Waals surface area contributed by atoms with Gasteiger partial charge in [0.15, 0.2) is 11.6 Å². The normalized spacial score (nSPS) is 13.9. The van der Waals surface area contributed by atoms with Crippen molar-refractivity contribution < 1.29 is 34.3 Å². The van der Waals surface area contributed by atoms with Crippen molar-refractivity contribution in [1.82, 2.24) is 9.88 Å². The van der Waals surface area contributed by atoms with Gasteiger partial charge < -0.3 is 15.1 Å². The van der Waals surface area contributed by atoms with Crippen LogP contribution in [0.3, 0.4) is 0 Å². The first-order valence-electron chi connectivity index (χ1n) is 17.1. The lowest BCUT2D eigenvalue weighted by atomic mass is 9.68. The van der Waals surface area contributed by atoms with Crippen molar-refractivity contribution in [1.29, 1.82) is 0 Å². The number of ketones is 2. The minimum absolute atomic E-state index is 0.00227. The van der Waals surface area contributed by atoms with E-state index in [1.165, 1.54) is 30.2 Å². The van der Waals surface area contributed by atoms with E-state index in [-0.39, 0.29) is 22.7 Å². The molecule has 0 saturated carbocycles. The number of carboxylic acids is 2. The van der Waals surface area contributed by atoms with Crippen LogP contribution < -0.4 is 0 Å². The number of likely N-dealkylation sites (tertiary alicyclic amines) is 1. The molecule has 52 heavy (non-hydrogen) atoms. The van der Waals surface area contributed by atoms with Crippen molar-refractivity contribution in [3.63, 3.8) is 0 Å². The molecule has 0 spiro atoms. The van der Waals surface area contributed by atoms with E-state index < -0.39 is 16.9 Å². The molecule has 1 aromatic heterocycles. The van der Waals surface area contributed by atoms with Crippen LogP contribution in [0.15, 0.2) is 97.1 Å². The first-order valence-corrected chi connectivity index (χ1v) is 17.1. The molecular formula is C41H43N3O8. The van der Waals surface area contributed by atoms with Crippen LogP contribution in [0.2, 0.25) is 0 Å². The summed E-state index contributed by atoms with van der Waals surface area (Å²) >= 11 is 0. The summed E-state index contributed by atoms with van der Waals surface area (Å²) in [5.41, 5.74) is 5.35. The van der Waals surface area contributed by atoms with Crippen LogP contribution >= 0.6 is 0 Å². The van der Waals surface area contributed by atoms with Gasteiger partial charge in [-0.3, -0.25) is 24.7 Å². The molecule has 11 nitrogen and oxygen atoms in total. The standard InChI is InChI=1S/C37H39N3O4.C4H4O4/c1-26-34(28(3)41)36(29-13-12-18-32(25-29)40(43)44)35(27(2)38-26)33(42)19-10-11-22-39-23-20-37(21-24-39,30-14-6-4-7-15-30)31-16-8-5-9-17-31;5-3(6)1-2-4(7)8/h4-9,12-18,25H,10-11,19-24H2,1-3H3;1-2H,(H,5,6)(H,7,8)/b;2-1+. The van der Waals surface area contributed by atoms with Gasteiger partial charge in [-0.15, -0.1) is 0 Å². The summed E-state index contributed by atoms with van der Waals surface area (Å²) in [4.78, 5) is 63.6. The molecule has 0 unspecified atom stereocenters. The molecule has 1 fully saturated rings. The first-order chi connectivity index (χ1) is 24.8. The third-order valence-corrected chi connectivity index (χ3v) is 9.39. The monoisotopic (exact) mass is 705 g/mol. The molecule has 0 bridgehead atoms. The number of aryl methyl sites for hydroxylation is 2. The zero-order chi connectivity index (χ0) is 37.8. The van der Waals surface area contributed by atoms with Crippen LogP contribution in [0, 0.1) is 24.0 Å². The lowest BCUT2D eigenvalue weighted by molar-refractivity contribution is -0.384. The fraction of sp³-hybridized carbons (Fsp3) is 0.293. The summed E-state index contributed by atoms with van der Waals surface area (Å²) in [5.74, 6) is -2.83. The van der Waals surface area contributed by atoms with E-state index >= 15 is 0 Å². The number of unbranched alkanes of at least 4 members (excludes halogenated alkanes) is 1. The third-order valence-electron chi connectivity index (χ3n) is 9.39. The highest BCUT2D eigenvalue weighted by Gasteiger charge is 2.37. The Morgan fingerprint density at radius 2 is 1.35 bits per heavy atom. The predicted molar refractivity (Wildman–Crippen MR) is 198 cm³/mol. The molecule has 4 aromatic rings. The Morgan fingerprint density at radius 3 is 1.85 bits per heavy atom. The molecule has 3 aromatic carbocycles. The molecule has 11 heteroatoms. The predicted octanol–water partition coefficient (Wildman–Crippen LogP) is 7.62. The van der Waals surface area contributed by atoms with E-state index in [9.17, 15) is 29.3 Å². The topological polar surface area (TPSA) is 168 Å². The lowest BCUT2D eigenvalue weighted by Gasteiger charge is -2.43. The van der Waals surface area contributed by atoms with Gasteiger partial charge in [-0.05, 0) is 82.8 Å². The SMILES string of the molecule is CC(=O)c1c(C)nc(C)c(C(=O)CCCCN2CCC(c3ccccc3)(c3ccccc3)CC2)c1-c1cccc([N+](=O)[O-])c1.O=C(O)/C=C/C(=O)O. The molecule has 1 aliphatic heterocycles. The Kier molecular flexibility index (Phi) is 13.4. The summed E-state index contributed by atoms with van der Waals surface area (Å²) in [7, 11) is 0. The number of nitro groups is 1. The van der Waals surface area contributed by atoms with Gasteiger partial charge in [0.25, 0.3) is 5.69 Å². The van der Waals surface area contributed by atoms with E-state index in [1.807, 2.05) is 0 Å². The Hall–Kier alpha value is -5.81. The number of pyridine rings is 1. The number of carboxylic acid groups (broad SMARTS) is 2. The van der Waals surface area contributed by atoms with Crippen LogP contribution in [0.5, 0.6) is 0 Å². The number of carbonyl (C=O) groups excluding carboxylic acids is 2. The van der Waals surface area contributed by atoms with Gasteiger partial charge in [-0.1, -0.05) is 72.8 Å². The van der Waals surface area contributed by atoms with Gasteiger partial charge in [-0.2, -0.15) is 0 Å². The minimum Gasteiger partial charge on any atom is -0.478 e. The second-order valence-electron chi connectivity index (χ2n) is 12.8. The lowest BCUT2D eigenvalue weighted by Crippen LogP contribution is -2.43. The number of non-ortho nitro benzene ring substituents is 1. The van der Waals surface area contributed by atoms with Crippen molar-refractivity contribution in [2.45, 2.75) is 58.3 Å². The highest BCUT2D eigenvalue weighted by atomic mass is 16.6. The second kappa shape index (κ2) is 17.9. The molecule has 1 aliphatic rings. The summed E-state index contributed by atoms with van der Waals surface area (Å²) in [6, 6.07) is 27.7. The molecular weight excluding hydrogens is 662 g/mol. The fourth-order valence-electron chi connectivity index (χ4n) is 6.99. The quantitative estimate of drug-likeness (QED) is 0.0464. The number of Topliss-reactive ketones (excluding diaryl/α,β-unsaturated/α-hetero) is 2. The van der Waals surface area contributed by atoms with Crippen molar-refractivity contribution in [2.24, 2.45) is 0 Å². The van der Waals surface area contributed by atoms with Gasteiger partial charge in [0.1, 0.15) is 0 Å². The van der Waals surface area contributed by atoms with E-state index in [0.717, 1.165) is 38.9 Å². The van der Waals surface area contributed by atoms with Crippen LogP contribution in [-0.4, -0.2) is 68.2 Å². The number of benzene rings is 3. The van der Waals surface area contributed by atoms with Gasteiger partial charge in [0.2, 0.25) is 0 Å². The number of rotatable bonds is 13. The maximum atomic E-state index is 13.7. The number of aromatic nitrogens is 1. The summed E-state index contributed by atoms with van der Waals surface area (Å²) < 4.78 is 0. The smallest absolute Gasteiger partial charge is 0.328 e. The number of hydrogen-bond donors (Lipinski definition) is 2. The molecule has 0 aliphatic carbocycles. The van der Waals surface area contributed by atoms with Gasteiger partial charge in [0.05, 0.1) is 4.92 Å². The van der Waals surface area contributed by atoms with Crippen LogP contribution in [0.4, 0.5) is 5.69 Å². The van der Waals surface area contributed by atoms with Crippen LogP contribution in [-0.2, 0) is 15.0 Å². The van der Waals surface area contributed by atoms with Crippen LogP contribution in [0.25, 0.3) is 11.1 Å². The Balaban J connectivity index is 0.000000677. The maximum absolute atomic E-state index is 13.7. The minimum atomic E-state index is -1.26. The molecule has 5 rings (SSSR count). The zero-order valence-corrected chi connectivity index (χ0v) is 29.6. The Labute approximate surface area is 302 Å². The molecule has 0 atom stereocenters. The van der Waals surface area contributed by atoms with E-state index in [1.54, 1.807) is 26.0 Å². The third kappa shape index (κ3) is 9.70. The van der Waals surface area contributed by atoms with E-state index in [2.05, 4.69) is 70.5 Å². The fourth-order valence-corrected chi connectivity index (χ4v) is 6.99. The van der Waals surface area contributed by atoms with Crippen molar-refractivity contribution in [2.75, 3.05) is 19.6 Å². The average molecular weight is 706 g/mol. The largest absolute Gasteiger partial charge is 0.478 e. The van der Waals surface area contributed by atoms with E-state index in [0.29, 0.717) is 58.6 Å². The van der Waals surface area contributed by atoms with Crippen molar-refractivity contribution >= 4 is 29.2 Å². The summed E-state index contributed by atoms with van der Waals surface area (Å²) in [6.45, 7) is 7.83. The highest BCUT2D eigenvalue weighted by Crippen LogP contribution is 2.42. The molecule has 1 saturated heterocycles. The second-order valence-corrected chi connectivity index (χ2v) is 12.8. The molecule has 2 N–H and O–H groups in total. The molecule has 0 radical (unpaired) electrons. The van der Waals surface area contributed by atoms with Gasteiger partial charge in [-0.25, -0.2) is 9.59 Å². The molecule has 2 heterocycles. The van der Waals surface area contributed by atoms with Crippen molar-refractivity contribution in [3.8, 4) is 11.1 Å². The van der Waals surface area contributed by atoms with Gasteiger partial charge >= 0.3 is 11.9 Å². The highest BCUT2D eigenvalue weighted by molar-refractivity contribution is 6.11. The average Bonchev–Trinajstić information content (AvgIpc) is 3.13. The number of piperidine rings is 1. The number of carbonyl (C=O) groups is 4. The number of nitrogens with zero attached hydrogens (tertiary/aromatic N) is 3. The van der Waals surface area contributed by atoms with E-state index in [4.69, 9.17) is 10.2 Å². The molecule has 270 valence electrons.